The number of nitrogens with one attached hydrogen (secondary N) is 2. The molecule has 5 nitrogen and oxygen atoms in total. The Morgan fingerprint density at radius 3 is 2.83 bits per heavy atom. The Kier molecular flexibility index (Phi) is 5.58. The average molecular weight is 392 g/mol. The summed E-state index contributed by atoms with van der Waals surface area (Å²) in [4.78, 5) is 17.7. The van der Waals surface area contributed by atoms with E-state index in [2.05, 4.69) is 43.3 Å². The summed E-state index contributed by atoms with van der Waals surface area (Å²) in [5.41, 5.74) is 1.73. The number of hydrogen-bond donors (Lipinski definition) is 2. The van der Waals surface area contributed by atoms with Crippen LogP contribution in [0.4, 0.5) is 0 Å². The molecule has 0 bridgehead atoms. The minimum absolute atomic E-state index is 0.0900. The van der Waals surface area contributed by atoms with Gasteiger partial charge in [-0.25, -0.2) is 0 Å². The van der Waals surface area contributed by atoms with Crippen molar-refractivity contribution < 1.29 is 9.53 Å². The van der Waals surface area contributed by atoms with Gasteiger partial charge in [-0.1, -0.05) is 12.1 Å². The van der Waals surface area contributed by atoms with Gasteiger partial charge in [0, 0.05) is 17.2 Å². The van der Waals surface area contributed by atoms with Gasteiger partial charge < -0.3 is 15.0 Å². The summed E-state index contributed by atoms with van der Waals surface area (Å²) >= 11 is 3.35. The van der Waals surface area contributed by atoms with Crippen LogP contribution in [-0.4, -0.2) is 42.5 Å². The molecule has 2 heterocycles. The second kappa shape index (κ2) is 7.85. The molecule has 1 atom stereocenters. The van der Waals surface area contributed by atoms with E-state index in [0.29, 0.717) is 12.2 Å². The number of aromatic amines is 1. The van der Waals surface area contributed by atoms with Crippen LogP contribution in [0.25, 0.3) is 0 Å². The van der Waals surface area contributed by atoms with Crippen molar-refractivity contribution in [2.45, 2.75) is 18.9 Å². The summed E-state index contributed by atoms with van der Waals surface area (Å²) in [6, 6.07) is 10.0. The molecule has 6 heteroatoms. The Bertz CT molecular complexity index is 695. The van der Waals surface area contributed by atoms with E-state index in [1.807, 2.05) is 12.1 Å². The highest BCUT2D eigenvalue weighted by molar-refractivity contribution is 9.10. The number of rotatable bonds is 6. The number of likely N-dealkylation sites (tertiary alicyclic amines) is 1. The van der Waals surface area contributed by atoms with Crippen LogP contribution < -0.4 is 10.1 Å². The minimum Gasteiger partial charge on any atom is -0.497 e. The maximum absolute atomic E-state index is 12.3. The summed E-state index contributed by atoms with van der Waals surface area (Å²) in [6.45, 7) is 2.69. The van der Waals surface area contributed by atoms with Crippen molar-refractivity contribution >= 4 is 21.8 Å². The number of methoxy groups -OCH3 is 1. The van der Waals surface area contributed by atoms with Gasteiger partial charge >= 0.3 is 0 Å². The zero-order valence-corrected chi connectivity index (χ0v) is 15.3. The molecule has 1 aromatic heterocycles. The first-order valence-corrected chi connectivity index (χ1v) is 8.97. The maximum atomic E-state index is 12.3. The van der Waals surface area contributed by atoms with Crippen LogP contribution in [-0.2, 0) is 0 Å². The van der Waals surface area contributed by atoms with Crippen LogP contribution in [0, 0.1) is 0 Å². The lowest BCUT2D eigenvalue weighted by atomic mass is 10.0. The molecule has 24 heavy (non-hydrogen) atoms. The number of hydrogen-bond acceptors (Lipinski definition) is 3. The quantitative estimate of drug-likeness (QED) is 0.793. The Labute approximate surface area is 150 Å². The Hall–Kier alpha value is -1.79. The fourth-order valence-corrected chi connectivity index (χ4v) is 3.49. The fraction of sp³-hybridized carbons (Fsp3) is 0.389. The molecule has 0 spiro atoms. The number of nitrogens with zero attached hydrogens (tertiary/aromatic N) is 1. The third-order valence-corrected chi connectivity index (χ3v) is 4.87. The van der Waals surface area contributed by atoms with Gasteiger partial charge in [-0.15, -0.1) is 0 Å². The van der Waals surface area contributed by atoms with Gasteiger partial charge in [0.2, 0.25) is 0 Å². The monoisotopic (exact) mass is 391 g/mol. The van der Waals surface area contributed by atoms with Crippen molar-refractivity contribution in [1.82, 2.24) is 15.2 Å². The molecule has 0 saturated carbocycles. The second-order valence-corrected chi connectivity index (χ2v) is 6.89. The molecule has 1 aromatic carbocycles. The third kappa shape index (κ3) is 3.99. The smallest absolute Gasteiger partial charge is 0.267 e. The average Bonchev–Trinajstić information content (AvgIpc) is 3.27. The van der Waals surface area contributed by atoms with E-state index < -0.39 is 0 Å². The summed E-state index contributed by atoms with van der Waals surface area (Å²) < 4.78 is 6.22. The molecule has 2 N–H and O–H groups in total. The van der Waals surface area contributed by atoms with E-state index >= 15 is 0 Å². The first-order valence-electron chi connectivity index (χ1n) is 8.17. The van der Waals surface area contributed by atoms with Crippen LogP contribution in [0.3, 0.4) is 0 Å². The van der Waals surface area contributed by atoms with Crippen molar-refractivity contribution in [3.05, 3.63) is 52.3 Å². The third-order valence-electron chi connectivity index (χ3n) is 4.41. The molecule has 1 amide bonds. The van der Waals surface area contributed by atoms with Gasteiger partial charge in [0.05, 0.1) is 13.2 Å². The van der Waals surface area contributed by atoms with E-state index in [4.69, 9.17) is 4.74 Å². The van der Waals surface area contributed by atoms with Gasteiger partial charge in [-0.3, -0.25) is 9.69 Å². The lowest BCUT2D eigenvalue weighted by molar-refractivity contribution is 0.0933. The molecule has 1 aliphatic rings. The van der Waals surface area contributed by atoms with Crippen molar-refractivity contribution in [2.24, 2.45) is 0 Å². The molecule has 0 radical (unpaired) electrons. The van der Waals surface area contributed by atoms with Gasteiger partial charge in [-0.2, -0.15) is 0 Å². The van der Waals surface area contributed by atoms with E-state index in [-0.39, 0.29) is 11.9 Å². The number of carbonyl (C=O) groups is 1. The number of ether oxygens (including phenoxy) is 1. The first-order chi connectivity index (χ1) is 11.7. The van der Waals surface area contributed by atoms with Gasteiger partial charge in [0.25, 0.3) is 5.91 Å². The molecule has 1 saturated heterocycles. The number of amides is 1. The maximum Gasteiger partial charge on any atom is 0.267 e. The van der Waals surface area contributed by atoms with Crippen molar-refractivity contribution in [3.8, 4) is 5.75 Å². The molecule has 2 aromatic rings. The largest absolute Gasteiger partial charge is 0.497 e. The summed E-state index contributed by atoms with van der Waals surface area (Å²) in [5, 5.41) is 3.05. The number of carbonyl (C=O) groups excluding carboxylic acids is 1. The minimum atomic E-state index is -0.0900. The van der Waals surface area contributed by atoms with Gasteiger partial charge in [-0.05, 0) is 65.6 Å². The number of aromatic nitrogens is 1. The van der Waals surface area contributed by atoms with E-state index in [1.54, 1.807) is 19.4 Å². The predicted octanol–water partition coefficient (Wildman–Crippen LogP) is 3.35. The highest BCUT2D eigenvalue weighted by atomic mass is 79.9. The lowest BCUT2D eigenvalue weighted by Gasteiger charge is -2.28. The predicted molar refractivity (Wildman–Crippen MR) is 97.4 cm³/mol. The number of benzene rings is 1. The highest BCUT2D eigenvalue weighted by Crippen LogP contribution is 2.27. The van der Waals surface area contributed by atoms with Crippen molar-refractivity contribution in [2.75, 3.05) is 26.7 Å². The molecule has 128 valence electrons. The molecular weight excluding hydrogens is 370 g/mol. The van der Waals surface area contributed by atoms with Crippen LogP contribution >= 0.6 is 15.9 Å². The van der Waals surface area contributed by atoms with Crippen LogP contribution in [0.15, 0.2) is 41.0 Å². The number of H-pyrrole nitrogens is 1. The van der Waals surface area contributed by atoms with Gasteiger partial charge in [0.15, 0.2) is 0 Å². The fourth-order valence-electron chi connectivity index (χ4n) is 3.14. The van der Waals surface area contributed by atoms with Crippen LogP contribution in [0.5, 0.6) is 5.75 Å². The Morgan fingerprint density at radius 1 is 1.38 bits per heavy atom. The summed E-state index contributed by atoms with van der Waals surface area (Å²) in [5.74, 6) is 0.754. The lowest BCUT2D eigenvalue weighted by Crippen LogP contribution is -2.36. The van der Waals surface area contributed by atoms with E-state index in [9.17, 15) is 4.79 Å². The highest BCUT2D eigenvalue weighted by Gasteiger charge is 2.24. The van der Waals surface area contributed by atoms with Crippen LogP contribution in [0.1, 0.15) is 34.9 Å². The molecule has 1 aliphatic heterocycles. The molecular formula is C18H22BrN3O2. The number of halogens is 1. The van der Waals surface area contributed by atoms with E-state index in [0.717, 1.165) is 23.3 Å². The topological polar surface area (TPSA) is 57.4 Å². The zero-order valence-electron chi connectivity index (χ0n) is 13.7. The molecule has 0 aliphatic carbocycles. The molecule has 1 fully saturated rings. The van der Waals surface area contributed by atoms with Crippen molar-refractivity contribution in [1.29, 1.82) is 0 Å². The summed E-state index contributed by atoms with van der Waals surface area (Å²) in [6.07, 6.45) is 4.17. The van der Waals surface area contributed by atoms with E-state index in [1.165, 1.54) is 18.4 Å². The SMILES string of the molecule is COc1cccc(C(CNC(=O)c2cc(Br)c[nH]2)N2CCCC2)c1. The molecule has 1 unspecified atom stereocenters. The summed E-state index contributed by atoms with van der Waals surface area (Å²) in [7, 11) is 1.68. The first kappa shape index (κ1) is 17.0. The zero-order chi connectivity index (χ0) is 16.9. The van der Waals surface area contributed by atoms with Gasteiger partial charge in [0.1, 0.15) is 11.4 Å². The van der Waals surface area contributed by atoms with Crippen molar-refractivity contribution in [3.63, 3.8) is 0 Å². The van der Waals surface area contributed by atoms with Crippen LogP contribution in [0.2, 0.25) is 0 Å². The Balaban J connectivity index is 1.73. The molecule has 3 rings (SSSR count). The standard InChI is InChI=1S/C18H22BrN3O2/c1-24-15-6-4-5-13(9-15)17(22-7-2-3-8-22)12-21-18(23)16-10-14(19)11-20-16/h4-6,9-11,17,20H,2-3,7-8,12H2,1H3,(H,21,23). The second-order valence-electron chi connectivity index (χ2n) is 5.98. The Morgan fingerprint density at radius 2 is 2.17 bits per heavy atom. The normalized spacial score (nSPS) is 16.1.